The van der Waals surface area contributed by atoms with Gasteiger partial charge in [0.2, 0.25) is 0 Å². The predicted octanol–water partition coefficient (Wildman–Crippen LogP) is 3.17. The van der Waals surface area contributed by atoms with Gasteiger partial charge in [-0.2, -0.15) is 0 Å². The van der Waals surface area contributed by atoms with Crippen LogP contribution in [0.25, 0.3) is 0 Å². The van der Waals surface area contributed by atoms with Crippen molar-refractivity contribution >= 4 is 11.9 Å². The molecule has 1 amide bonds. The number of hydrogen-bond donors (Lipinski definition) is 1. The zero-order valence-corrected chi connectivity index (χ0v) is 16.0. The lowest BCUT2D eigenvalue weighted by Gasteiger charge is -2.17. The molecule has 0 bridgehead atoms. The first kappa shape index (κ1) is 20.3. The molecule has 0 aliphatic carbocycles. The highest BCUT2D eigenvalue weighted by Gasteiger charge is 2.20. The molecule has 0 aliphatic rings. The van der Waals surface area contributed by atoms with E-state index in [1.54, 1.807) is 6.07 Å². The van der Waals surface area contributed by atoms with Crippen molar-refractivity contribution in [3.63, 3.8) is 0 Å². The molecule has 0 heterocycles. The summed E-state index contributed by atoms with van der Waals surface area (Å²) in [6, 6.07) is 14.6. The Bertz CT molecular complexity index is 753. The highest BCUT2D eigenvalue weighted by atomic mass is 16.5. The van der Waals surface area contributed by atoms with Crippen molar-refractivity contribution in [3.05, 3.63) is 59.7 Å². The van der Waals surface area contributed by atoms with E-state index in [-0.39, 0.29) is 17.4 Å². The first-order valence-corrected chi connectivity index (χ1v) is 8.71. The van der Waals surface area contributed by atoms with Gasteiger partial charge < -0.3 is 19.5 Å². The van der Waals surface area contributed by atoms with Gasteiger partial charge in [-0.05, 0) is 30.5 Å². The van der Waals surface area contributed by atoms with Gasteiger partial charge in [-0.25, -0.2) is 4.79 Å². The van der Waals surface area contributed by atoms with E-state index in [9.17, 15) is 9.59 Å². The Hall–Kier alpha value is -3.02. The molecule has 6 nitrogen and oxygen atoms in total. The highest BCUT2D eigenvalue weighted by molar-refractivity contribution is 5.93. The lowest BCUT2D eigenvalue weighted by atomic mass is 10.0. The van der Waals surface area contributed by atoms with Crippen LogP contribution in [0.2, 0.25) is 0 Å². The van der Waals surface area contributed by atoms with Crippen LogP contribution in [0.1, 0.15) is 35.7 Å². The maximum atomic E-state index is 12.3. The van der Waals surface area contributed by atoms with Crippen LogP contribution in [0, 0.1) is 0 Å². The van der Waals surface area contributed by atoms with Crippen LogP contribution in [0.4, 0.5) is 0 Å². The molecule has 0 aromatic heterocycles. The van der Waals surface area contributed by atoms with Gasteiger partial charge >= 0.3 is 5.97 Å². The first-order chi connectivity index (χ1) is 12.9. The Balaban J connectivity index is 1.92. The van der Waals surface area contributed by atoms with Gasteiger partial charge in [0.15, 0.2) is 6.10 Å². The van der Waals surface area contributed by atoms with Gasteiger partial charge in [0.1, 0.15) is 11.5 Å². The van der Waals surface area contributed by atoms with Gasteiger partial charge in [0, 0.05) is 12.6 Å². The van der Waals surface area contributed by atoms with E-state index in [0.29, 0.717) is 18.0 Å². The van der Waals surface area contributed by atoms with Gasteiger partial charge in [-0.3, -0.25) is 4.79 Å². The number of ether oxygens (including phenoxy) is 3. The molecule has 0 radical (unpaired) electrons. The molecule has 2 atom stereocenters. The smallest absolute Gasteiger partial charge is 0.339 e. The van der Waals surface area contributed by atoms with E-state index in [1.165, 1.54) is 33.3 Å². The molecule has 0 saturated heterocycles. The second-order valence-corrected chi connectivity index (χ2v) is 6.21. The van der Waals surface area contributed by atoms with E-state index in [0.717, 1.165) is 5.56 Å². The average molecular weight is 371 g/mol. The molecule has 1 N–H and O–H groups in total. The second-order valence-electron chi connectivity index (χ2n) is 6.21. The van der Waals surface area contributed by atoms with Crippen LogP contribution in [0.3, 0.4) is 0 Å². The summed E-state index contributed by atoms with van der Waals surface area (Å²) in [5, 5.41) is 2.82. The third-order valence-corrected chi connectivity index (χ3v) is 4.19. The Morgan fingerprint density at radius 2 is 1.56 bits per heavy atom. The number of carbonyl (C=O) groups is 2. The van der Waals surface area contributed by atoms with E-state index < -0.39 is 12.1 Å². The van der Waals surface area contributed by atoms with Crippen LogP contribution in [0.5, 0.6) is 11.5 Å². The molecule has 0 spiro atoms. The number of carbonyl (C=O) groups excluding carboxylic acids is 2. The minimum Gasteiger partial charge on any atom is -0.497 e. The first-order valence-electron chi connectivity index (χ1n) is 8.71. The number of benzene rings is 2. The molecule has 27 heavy (non-hydrogen) atoms. The van der Waals surface area contributed by atoms with Crippen molar-refractivity contribution < 1.29 is 23.8 Å². The number of esters is 1. The predicted molar refractivity (Wildman–Crippen MR) is 102 cm³/mol. The minimum absolute atomic E-state index is 0.153. The normalized spacial score (nSPS) is 12.6. The second kappa shape index (κ2) is 9.62. The zero-order valence-electron chi connectivity index (χ0n) is 16.0. The quantitative estimate of drug-likeness (QED) is 0.722. The fourth-order valence-corrected chi connectivity index (χ4v) is 2.50. The number of methoxy groups -OCH3 is 2. The Morgan fingerprint density at radius 1 is 0.963 bits per heavy atom. The maximum Gasteiger partial charge on any atom is 0.339 e. The van der Waals surface area contributed by atoms with Gasteiger partial charge in [0.25, 0.3) is 5.91 Å². The van der Waals surface area contributed by atoms with Crippen LogP contribution >= 0.6 is 0 Å². The molecule has 0 saturated carbocycles. The molecule has 2 aromatic carbocycles. The van der Waals surface area contributed by atoms with Gasteiger partial charge in [-0.1, -0.05) is 37.3 Å². The molecular formula is C21H25NO5. The Morgan fingerprint density at radius 3 is 2.11 bits per heavy atom. The Kier molecular flexibility index (Phi) is 7.23. The summed E-state index contributed by atoms with van der Waals surface area (Å²) in [6.07, 6.45) is -0.919. The average Bonchev–Trinajstić information content (AvgIpc) is 2.71. The largest absolute Gasteiger partial charge is 0.497 e. The highest BCUT2D eigenvalue weighted by Crippen LogP contribution is 2.23. The third-order valence-electron chi connectivity index (χ3n) is 4.19. The fourth-order valence-electron chi connectivity index (χ4n) is 2.50. The summed E-state index contributed by atoms with van der Waals surface area (Å²) in [6.45, 7) is 4.02. The van der Waals surface area contributed by atoms with Crippen molar-refractivity contribution in [3.8, 4) is 11.5 Å². The van der Waals surface area contributed by atoms with Crippen molar-refractivity contribution in [2.75, 3.05) is 20.8 Å². The summed E-state index contributed by atoms with van der Waals surface area (Å²) in [5.74, 6) is 0.123. The number of amides is 1. The molecule has 2 aromatic rings. The summed E-state index contributed by atoms with van der Waals surface area (Å²) in [4.78, 5) is 24.6. The monoisotopic (exact) mass is 371 g/mol. The molecule has 0 aliphatic heterocycles. The van der Waals surface area contributed by atoms with Crippen molar-refractivity contribution in [1.29, 1.82) is 0 Å². The van der Waals surface area contributed by atoms with Crippen LogP contribution < -0.4 is 14.8 Å². The van der Waals surface area contributed by atoms with Crippen LogP contribution in [-0.4, -0.2) is 38.7 Å². The lowest BCUT2D eigenvalue weighted by Crippen LogP contribution is -2.37. The van der Waals surface area contributed by atoms with Crippen molar-refractivity contribution in [1.82, 2.24) is 5.32 Å². The SMILES string of the molecule is COc1cc(OC)cc(C(=O)O[C@H](C)C(=O)NC[C@@H](C)c2ccccc2)c1. The molecule has 0 unspecified atom stereocenters. The maximum absolute atomic E-state index is 12.3. The minimum atomic E-state index is -0.919. The summed E-state index contributed by atoms with van der Waals surface area (Å²) in [7, 11) is 2.99. The molecule has 144 valence electrons. The summed E-state index contributed by atoms with van der Waals surface area (Å²) in [5.41, 5.74) is 1.38. The number of hydrogen-bond acceptors (Lipinski definition) is 5. The fraction of sp³-hybridized carbons (Fsp3) is 0.333. The topological polar surface area (TPSA) is 73.9 Å². The lowest BCUT2D eigenvalue weighted by molar-refractivity contribution is -0.129. The van der Waals surface area contributed by atoms with Crippen molar-refractivity contribution in [2.45, 2.75) is 25.9 Å². The molecule has 6 heteroatoms. The summed E-state index contributed by atoms with van der Waals surface area (Å²) < 4.78 is 15.6. The van der Waals surface area contributed by atoms with E-state index in [1.807, 2.05) is 37.3 Å². The standard InChI is InChI=1S/C21H25NO5/c1-14(16-8-6-5-7-9-16)13-22-20(23)15(2)27-21(24)17-10-18(25-3)12-19(11-17)26-4/h5-12,14-15H,13H2,1-4H3,(H,22,23)/t14-,15-/m1/s1. The molecular weight excluding hydrogens is 346 g/mol. The van der Waals surface area contributed by atoms with Gasteiger partial charge in [-0.15, -0.1) is 0 Å². The van der Waals surface area contributed by atoms with Crippen LogP contribution in [-0.2, 0) is 9.53 Å². The molecule has 2 rings (SSSR count). The Labute approximate surface area is 159 Å². The van der Waals surface area contributed by atoms with E-state index in [4.69, 9.17) is 14.2 Å². The van der Waals surface area contributed by atoms with E-state index in [2.05, 4.69) is 5.32 Å². The zero-order chi connectivity index (χ0) is 19.8. The number of nitrogens with one attached hydrogen (secondary N) is 1. The third kappa shape index (κ3) is 5.74. The summed E-state index contributed by atoms with van der Waals surface area (Å²) >= 11 is 0. The van der Waals surface area contributed by atoms with Gasteiger partial charge in [0.05, 0.1) is 19.8 Å². The van der Waals surface area contributed by atoms with Crippen LogP contribution in [0.15, 0.2) is 48.5 Å². The van der Waals surface area contributed by atoms with Crippen molar-refractivity contribution in [2.24, 2.45) is 0 Å². The molecule has 0 fully saturated rings. The number of rotatable bonds is 8. The van der Waals surface area contributed by atoms with E-state index >= 15 is 0 Å².